The van der Waals surface area contributed by atoms with Crippen LogP contribution in [0.25, 0.3) is 0 Å². The van der Waals surface area contributed by atoms with Gasteiger partial charge in [0.25, 0.3) is 0 Å². The molecule has 0 aromatic heterocycles. The van der Waals surface area contributed by atoms with E-state index in [1.54, 1.807) is 0 Å². The lowest BCUT2D eigenvalue weighted by molar-refractivity contribution is -0.180. The zero-order valence-corrected chi connectivity index (χ0v) is 11.0. The van der Waals surface area contributed by atoms with Crippen LogP contribution < -0.4 is 5.73 Å². The lowest BCUT2D eigenvalue weighted by atomic mass is 9.98. The molecule has 4 nitrogen and oxygen atoms in total. The van der Waals surface area contributed by atoms with E-state index in [2.05, 4.69) is 32.6 Å². The molecule has 1 rings (SSSR count). The Kier molecular flexibility index (Phi) is 4.35. The first-order chi connectivity index (χ1) is 7.24. The summed E-state index contributed by atoms with van der Waals surface area (Å²) >= 11 is 0. The fraction of sp³-hybridized carbons (Fsp3) is 1.00. The highest BCUT2D eigenvalue weighted by Crippen LogP contribution is 2.27. The number of aliphatic hydroxyl groups is 1. The van der Waals surface area contributed by atoms with Gasteiger partial charge in [0, 0.05) is 19.1 Å². The largest absolute Gasteiger partial charge is 0.395 e. The minimum atomic E-state index is -0.106. The van der Waals surface area contributed by atoms with Crippen molar-refractivity contribution < 1.29 is 9.84 Å². The van der Waals surface area contributed by atoms with Crippen LogP contribution in [-0.4, -0.2) is 53.5 Å². The van der Waals surface area contributed by atoms with Gasteiger partial charge in [-0.2, -0.15) is 0 Å². The summed E-state index contributed by atoms with van der Waals surface area (Å²) in [6.07, 6.45) is 0.836. The van der Waals surface area contributed by atoms with Crippen molar-refractivity contribution in [1.82, 2.24) is 4.90 Å². The molecule has 0 bridgehead atoms. The number of nitrogens with two attached hydrogens (primary N) is 1. The SMILES string of the molecule is CC1(C)CN(CCC(N)CO)CC(C)(C)O1. The zero-order chi connectivity index (χ0) is 12.4. The van der Waals surface area contributed by atoms with Crippen molar-refractivity contribution in [1.29, 1.82) is 0 Å². The van der Waals surface area contributed by atoms with Crippen molar-refractivity contribution in [2.45, 2.75) is 51.4 Å². The van der Waals surface area contributed by atoms with Gasteiger partial charge in [-0.3, -0.25) is 4.90 Å². The molecule has 0 saturated carbocycles. The third-order valence-corrected chi connectivity index (χ3v) is 2.81. The second-order valence-corrected chi connectivity index (χ2v) is 6.06. The summed E-state index contributed by atoms with van der Waals surface area (Å²) in [5.41, 5.74) is 5.51. The molecule has 4 heteroatoms. The fourth-order valence-electron chi connectivity index (χ4n) is 2.54. The van der Waals surface area contributed by atoms with Crippen molar-refractivity contribution in [2.24, 2.45) is 5.73 Å². The molecule has 0 radical (unpaired) electrons. The molecule has 1 fully saturated rings. The first kappa shape index (κ1) is 13.9. The Balaban J connectivity index is 2.48. The van der Waals surface area contributed by atoms with E-state index >= 15 is 0 Å². The molecule has 1 heterocycles. The van der Waals surface area contributed by atoms with Crippen LogP contribution in [-0.2, 0) is 4.74 Å². The Morgan fingerprint density at radius 2 is 1.75 bits per heavy atom. The lowest BCUT2D eigenvalue weighted by Crippen LogP contribution is -2.57. The van der Waals surface area contributed by atoms with Crippen molar-refractivity contribution in [2.75, 3.05) is 26.2 Å². The third kappa shape index (κ3) is 4.37. The van der Waals surface area contributed by atoms with Gasteiger partial charge in [-0.05, 0) is 40.7 Å². The van der Waals surface area contributed by atoms with Crippen LogP contribution in [0.3, 0.4) is 0 Å². The lowest BCUT2D eigenvalue weighted by Gasteiger charge is -2.47. The number of hydrogen-bond donors (Lipinski definition) is 2. The van der Waals surface area contributed by atoms with E-state index < -0.39 is 0 Å². The highest BCUT2D eigenvalue weighted by molar-refractivity contribution is 4.89. The molecule has 3 N–H and O–H groups in total. The van der Waals surface area contributed by atoms with Gasteiger partial charge < -0.3 is 15.6 Å². The summed E-state index contributed by atoms with van der Waals surface area (Å²) in [5, 5.41) is 8.90. The molecule has 0 spiro atoms. The zero-order valence-electron chi connectivity index (χ0n) is 11.0. The van der Waals surface area contributed by atoms with Crippen LogP contribution in [0.5, 0.6) is 0 Å². The summed E-state index contributed by atoms with van der Waals surface area (Å²) in [6.45, 7) is 11.3. The van der Waals surface area contributed by atoms with Crippen molar-refractivity contribution in [3.8, 4) is 0 Å². The fourth-order valence-corrected chi connectivity index (χ4v) is 2.54. The summed E-state index contributed by atoms with van der Waals surface area (Å²) in [6, 6.07) is -0.103. The van der Waals surface area contributed by atoms with Crippen LogP contribution in [0.15, 0.2) is 0 Å². The van der Waals surface area contributed by atoms with Gasteiger partial charge in [0.1, 0.15) is 0 Å². The quantitative estimate of drug-likeness (QED) is 0.742. The topological polar surface area (TPSA) is 58.7 Å². The minimum Gasteiger partial charge on any atom is -0.395 e. The van der Waals surface area contributed by atoms with E-state index in [9.17, 15) is 0 Å². The molecule has 0 aliphatic carbocycles. The smallest absolute Gasteiger partial charge is 0.0760 e. The van der Waals surface area contributed by atoms with Crippen molar-refractivity contribution in [3.63, 3.8) is 0 Å². The second kappa shape index (κ2) is 5.00. The van der Waals surface area contributed by atoms with E-state index in [1.807, 2.05) is 0 Å². The number of hydrogen-bond acceptors (Lipinski definition) is 4. The maximum Gasteiger partial charge on any atom is 0.0760 e. The number of morpholine rings is 1. The maximum atomic E-state index is 8.90. The van der Waals surface area contributed by atoms with E-state index in [1.165, 1.54) is 0 Å². The Morgan fingerprint density at radius 1 is 1.25 bits per heavy atom. The van der Waals surface area contributed by atoms with Crippen LogP contribution >= 0.6 is 0 Å². The molecule has 0 aromatic rings. The van der Waals surface area contributed by atoms with Gasteiger partial charge in [-0.1, -0.05) is 0 Å². The highest BCUT2D eigenvalue weighted by Gasteiger charge is 2.37. The first-order valence-corrected chi connectivity index (χ1v) is 6.03. The maximum absolute atomic E-state index is 8.90. The summed E-state index contributed by atoms with van der Waals surface area (Å²) < 4.78 is 6.00. The Hall–Kier alpha value is -0.160. The van der Waals surface area contributed by atoms with Gasteiger partial charge in [-0.15, -0.1) is 0 Å². The molecular weight excluding hydrogens is 204 g/mol. The Bertz CT molecular complexity index is 213. The monoisotopic (exact) mass is 230 g/mol. The number of ether oxygens (including phenoxy) is 1. The standard InChI is InChI=1S/C12H26N2O2/c1-11(2)8-14(6-5-10(13)7-15)9-12(3,4)16-11/h10,15H,5-9,13H2,1-4H3. The van der Waals surface area contributed by atoms with Crippen LogP contribution in [0.2, 0.25) is 0 Å². The molecule has 1 aliphatic heterocycles. The predicted octanol–water partition coefficient (Wildman–Crippen LogP) is 0.586. The number of rotatable bonds is 4. The molecule has 16 heavy (non-hydrogen) atoms. The molecule has 1 atom stereocenters. The van der Waals surface area contributed by atoms with E-state index in [4.69, 9.17) is 15.6 Å². The average molecular weight is 230 g/mol. The number of nitrogens with zero attached hydrogens (tertiary/aromatic N) is 1. The van der Waals surface area contributed by atoms with Gasteiger partial charge >= 0.3 is 0 Å². The van der Waals surface area contributed by atoms with Gasteiger partial charge in [0.05, 0.1) is 17.8 Å². The third-order valence-electron chi connectivity index (χ3n) is 2.81. The molecule has 96 valence electrons. The van der Waals surface area contributed by atoms with Gasteiger partial charge in [0.2, 0.25) is 0 Å². The molecule has 0 amide bonds. The second-order valence-electron chi connectivity index (χ2n) is 6.06. The van der Waals surface area contributed by atoms with E-state index in [-0.39, 0.29) is 23.9 Å². The molecule has 1 unspecified atom stereocenters. The predicted molar refractivity (Wildman–Crippen MR) is 65.4 cm³/mol. The normalized spacial score (nSPS) is 26.6. The van der Waals surface area contributed by atoms with Gasteiger partial charge in [0.15, 0.2) is 0 Å². The van der Waals surface area contributed by atoms with Gasteiger partial charge in [-0.25, -0.2) is 0 Å². The minimum absolute atomic E-state index is 0.0666. The molecule has 0 aromatic carbocycles. The van der Waals surface area contributed by atoms with Crippen LogP contribution in [0.4, 0.5) is 0 Å². The Morgan fingerprint density at radius 3 is 2.19 bits per heavy atom. The van der Waals surface area contributed by atoms with E-state index in [0.29, 0.717) is 0 Å². The molecule has 1 saturated heterocycles. The highest BCUT2D eigenvalue weighted by atomic mass is 16.5. The van der Waals surface area contributed by atoms with Crippen LogP contribution in [0, 0.1) is 0 Å². The van der Waals surface area contributed by atoms with Crippen molar-refractivity contribution in [3.05, 3.63) is 0 Å². The summed E-state index contributed by atoms with van der Waals surface area (Å²) in [4.78, 5) is 2.37. The summed E-state index contributed by atoms with van der Waals surface area (Å²) in [5.74, 6) is 0. The Labute approximate surface area is 98.8 Å². The average Bonchev–Trinajstić information content (AvgIpc) is 2.09. The summed E-state index contributed by atoms with van der Waals surface area (Å²) in [7, 11) is 0. The first-order valence-electron chi connectivity index (χ1n) is 6.03. The molecule has 1 aliphatic rings. The van der Waals surface area contributed by atoms with E-state index in [0.717, 1.165) is 26.1 Å². The van der Waals surface area contributed by atoms with Crippen LogP contribution in [0.1, 0.15) is 34.1 Å². The van der Waals surface area contributed by atoms with Crippen molar-refractivity contribution >= 4 is 0 Å². The molecular formula is C12H26N2O2. The number of aliphatic hydroxyl groups excluding tert-OH is 1.